The predicted molar refractivity (Wildman–Crippen MR) is 75.5 cm³/mol. The second-order valence-electron chi connectivity index (χ2n) is 4.92. The summed E-state index contributed by atoms with van der Waals surface area (Å²) in [6, 6.07) is 0.370. The molecule has 1 heterocycles. The third-order valence-electron chi connectivity index (χ3n) is 3.23. The van der Waals surface area contributed by atoms with Crippen LogP contribution < -0.4 is 15.4 Å². The number of ether oxygens (including phenoxy) is 1. The molecule has 0 amide bonds. The fraction of sp³-hybridized carbons (Fsp3) is 0.769. The van der Waals surface area contributed by atoms with Gasteiger partial charge in [0.05, 0.1) is 6.61 Å². The second-order valence-corrected chi connectivity index (χ2v) is 4.92. The topological polar surface area (TPSA) is 72.0 Å². The Bertz CT molecular complexity index is 384. The summed E-state index contributed by atoms with van der Waals surface area (Å²) in [5, 5.41) is 6.37. The van der Waals surface area contributed by atoms with Gasteiger partial charge in [-0.1, -0.05) is 6.92 Å². The lowest BCUT2D eigenvalue weighted by atomic mass is 10.1. The molecular formula is C13H23N5O. The molecule has 1 saturated carbocycles. The van der Waals surface area contributed by atoms with Crippen LogP contribution in [0.4, 0.5) is 11.9 Å². The first-order valence-electron chi connectivity index (χ1n) is 7.09. The molecular weight excluding hydrogens is 242 g/mol. The summed E-state index contributed by atoms with van der Waals surface area (Å²) < 4.78 is 5.36. The number of hydrogen-bond acceptors (Lipinski definition) is 6. The highest BCUT2D eigenvalue weighted by molar-refractivity contribution is 5.35. The van der Waals surface area contributed by atoms with Crippen LogP contribution in [0.1, 0.15) is 33.6 Å². The number of aromatic nitrogens is 3. The van der Waals surface area contributed by atoms with Crippen molar-refractivity contribution in [2.24, 2.45) is 11.8 Å². The fourth-order valence-electron chi connectivity index (χ4n) is 1.95. The monoisotopic (exact) mass is 265 g/mol. The number of nitrogens with zero attached hydrogens (tertiary/aromatic N) is 3. The van der Waals surface area contributed by atoms with E-state index in [1.807, 2.05) is 13.8 Å². The average Bonchev–Trinajstić information content (AvgIpc) is 3.21. The van der Waals surface area contributed by atoms with E-state index < -0.39 is 0 Å². The smallest absolute Gasteiger partial charge is 0.323 e. The molecule has 1 aromatic heterocycles. The SMILES string of the molecule is CCNc1nc(NCC(C)C2CC2)nc(OCC)n1. The minimum Gasteiger partial charge on any atom is -0.464 e. The Kier molecular flexibility index (Phi) is 4.76. The van der Waals surface area contributed by atoms with Crippen LogP contribution in [0.3, 0.4) is 0 Å². The summed E-state index contributed by atoms with van der Waals surface area (Å²) in [4.78, 5) is 12.8. The van der Waals surface area contributed by atoms with E-state index in [1.165, 1.54) is 12.8 Å². The molecule has 0 aromatic carbocycles. The average molecular weight is 265 g/mol. The normalized spacial score (nSPS) is 15.9. The van der Waals surface area contributed by atoms with Crippen LogP contribution in [0, 0.1) is 11.8 Å². The molecule has 1 aliphatic rings. The molecule has 6 heteroatoms. The molecule has 0 aliphatic heterocycles. The van der Waals surface area contributed by atoms with Gasteiger partial charge in [0.2, 0.25) is 11.9 Å². The molecule has 1 aromatic rings. The Morgan fingerprint density at radius 2 is 1.84 bits per heavy atom. The Labute approximate surface area is 114 Å². The Balaban J connectivity index is 1.99. The van der Waals surface area contributed by atoms with Gasteiger partial charge in [-0.2, -0.15) is 15.0 Å². The third-order valence-corrected chi connectivity index (χ3v) is 3.23. The molecule has 2 N–H and O–H groups in total. The molecule has 106 valence electrons. The molecule has 6 nitrogen and oxygen atoms in total. The number of nitrogens with one attached hydrogen (secondary N) is 2. The summed E-state index contributed by atoms with van der Waals surface area (Å²) in [6.07, 6.45) is 2.71. The van der Waals surface area contributed by atoms with Crippen molar-refractivity contribution in [3.05, 3.63) is 0 Å². The summed E-state index contributed by atoms with van der Waals surface area (Å²) in [7, 11) is 0. The molecule has 1 atom stereocenters. The quantitative estimate of drug-likeness (QED) is 0.750. The first kappa shape index (κ1) is 13.8. The molecule has 1 fully saturated rings. The number of anilines is 2. The van der Waals surface area contributed by atoms with Gasteiger partial charge in [0.15, 0.2) is 0 Å². The van der Waals surface area contributed by atoms with E-state index >= 15 is 0 Å². The van der Waals surface area contributed by atoms with Crippen molar-refractivity contribution in [1.82, 2.24) is 15.0 Å². The molecule has 0 spiro atoms. The van der Waals surface area contributed by atoms with Gasteiger partial charge in [-0.3, -0.25) is 0 Å². The highest BCUT2D eigenvalue weighted by Crippen LogP contribution is 2.36. The zero-order chi connectivity index (χ0) is 13.7. The van der Waals surface area contributed by atoms with Crippen LogP contribution in [-0.4, -0.2) is 34.6 Å². The van der Waals surface area contributed by atoms with Crippen LogP contribution in [0.15, 0.2) is 0 Å². The van der Waals surface area contributed by atoms with Crippen molar-refractivity contribution >= 4 is 11.9 Å². The van der Waals surface area contributed by atoms with Gasteiger partial charge in [0.25, 0.3) is 0 Å². The van der Waals surface area contributed by atoms with Crippen molar-refractivity contribution < 1.29 is 4.74 Å². The number of hydrogen-bond donors (Lipinski definition) is 2. The van der Waals surface area contributed by atoms with E-state index in [0.29, 0.717) is 30.4 Å². The zero-order valence-corrected chi connectivity index (χ0v) is 11.9. The van der Waals surface area contributed by atoms with Crippen molar-refractivity contribution in [1.29, 1.82) is 0 Å². The third kappa shape index (κ3) is 4.22. The van der Waals surface area contributed by atoms with Gasteiger partial charge in [0.1, 0.15) is 0 Å². The Morgan fingerprint density at radius 1 is 1.16 bits per heavy atom. The first-order chi connectivity index (χ1) is 9.22. The first-order valence-corrected chi connectivity index (χ1v) is 7.09. The van der Waals surface area contributed by atoms with Crippen molar-refractivity contribution in [3.63, 3.8) is 0 Å². The van der Waals surface area contributed by atoms with E-state index in [-0.39, 0.29) is 0 Å². The molecule has 1 aliphatic carbocycles. The van der Waals surface area contributed by atoms with Crippen LogP contribution in [0.5, 0.6) is 6.01 Å². The van der Waals surface area contributed by atoms with Crippen molar-refractivity contribution in [3.8, 4) is 6.01 Å². The molecule has 0 saturated heterocycles. The lowest BCUT2D eigenvalue weighted by Gasteiger charge is -2.12. The lowest BCUT2D eigenvalue weighted by molar-refractivity contribution is 0.312. The number of rotatable bonds is 8. The largest absolute Gasteiger partial charge is 0.464 e. The van der Waals surface area contributed by atoms with Gasteiger partial charge in [-0.25, -0.2) is 0 Å². The van der Waals surface area contributed by atoms with E-state index in [2.05, 4.69) is 32.5 Å². The fourth-order valence-corrected chi connectivity index (χ4v) is 1.95. The minimum absolute atomic E-state index is 0.370. The van der Waals surface area contributed by atoms with Crippen LogP contribution in [-0.2, 0) is 0 Å². The van der Waals surface area contributed by atoms with E-state index in [4.69, 9.17) is 4.74 Å². The molecule has 19 heavy (non-hydrogen) atoms. The van der Waals surface area contributed by atoms with E-state index in [1.54, 1.807) is 0 Å². The predicted octanol–water partition coefficient (Wildman–Crippen LogP) is 2.16. The van der Waals surface area contributed by atoms with E-state index in [9.17, 15) is 0 Å². The van der Waals surface area contributed by atoms with Crippen LogP contribution >= 0.6 is 0 Å². The molecule has 1 unspecified atom stereocenters. The minimum atomic E-state index is 0.370. The van der Waals surface area contributed by atoms with E-state index in [0.717, 1.165) is 19.0 Å². The molecule has 0 bridgehead atoms. The second kappa shape index (κ2) is 6.54. The molecule has 2 rings (SSSR count). The highest BCUT2D eigenvalue weighted by Gasteiger charge is 2.27. The summed E-state index contributed by atoms with van der Waals surface area (Å²) in [6.45, 7) is 8.40. The lowest BCUT2D eigenvalue weighted by Crippen LogP contribution is -2.16. The standard InChI is InChI=1S/C13H23N5O/c1-4-14-11-16-12(18-13(17-11)19-5-2)15-8-9(3)10-6-7-10/h9-10H,4-8H2,1-3H3,(H2,14,15,16,17,18). The van der Waals surface area contributed by atoms with Gasteiger partial charge in [0, 0.05) is 13.1 Å². The van der Waals surface area contributed by atoms with Gasteiger partial charge < -0.3 is 15.4 Å². The van der Waals surface area contributed by atoms with Gasteiger partial charge in [-0.05, 0) is 38.5 Å². The van der Waals surface area contributed by atoms with Crippen LogP contribution in [0.25, 0.3) is 0 Å². The maximum absolute atomic E-state index is 5.36. The Hall–Kier alpha value is -1.59. The Morgan fingerprint density at radius 3 is 2.42 bits per heavy atom. The maximum Gasteiger partial charge on any atom is 0.323 e. The summed E-state index contributed by atoms with van der Waals surface area (Å²) in [5.41, 5.74) is 0. The van der Waals surface area contributed by atoms with Crippen LogP contribution in [0.2, 0.25) is 0 Å². The van der Waals surface area contributed by atoms with Crippen molar-refractivity contribution in [2.75, 3.05) is 30.3 Å². The summed E-state index contributed by atoms with van der Waals surface area (Å²) >= 11 is 0. The van der Waals surface area contributed by atoms with Crippen molar-refractivity contribution in [2.45, 2.75) is 33.6 Å². The van der Waals surface area contributed by atoms with Gasteiger partial charge in [-0.15, -0.1) is 0 Å². The summed E-state index contributed by atoms with van der Waals surface area (Å²) in [5.74, 6) is 2.67. The van der Waals surface area contributed by atoms with Gasteiger partial charge >= 0.3 is 6.01 Å². The maximum atomic E-state index is 5.36. The zero-order valence-electron chi connectivity index (χ0n) is 11.9. The molecule has 0 radical (unpaired) electrons. The highest BCUT2D eigenvalue weighted by atomic mass is 16.5.